The van der Waals surface area contributed by atoms with E-state index in [0.29, 0.717) is 19.0 Å². The van der Waals surface area contributed by atoms with E-state index in [1.54, 1.807) is 6.92 Å². The van der Waals surface area contributed by atoms with Gasteiger partial charge in [-0.3, -0.25) is 4.98 Å². The Balaban J connectivity index is 2.38. The number of aliphatic hydroxyl groups is 1. The predicted molar refractivity (Wildman–Crippen MR) is 74.3 cm³/mol. The van der Waals surface area contributed by atoms with Crippen molar-refractivity contribution in [2.45, 2.75) is 38.3 Å². The molecule has 0 saturated heterocycles. The van der Waals surface area contributed by atoms with Gasteiger partial charge in [-0.25, -0.2) is 0 Å². The molecule has 0 aliphatic rings. The number of nitrogens with zero attached hydrogens (tertiary/aromatic N) is 2. The number of nitrogens with two attached hydrogens (primary N) is 1. The minimum atomic E-state index is -0.779. The average Bonchev–Trinajstić information content (AvgIpc) is 2.36. The normalized spacial score (nSPS) is 16.6. The van der Waals surface area contributed by atoms with Crippen molar-refractivity contribution in [3.05, 3.63) is 30.1 Å². The van der Waals surface area contributed by atoms with Crippen LogP contribution in [0, 0.1) is 0 Å². The molecule has 4 heteroatoms. The molecule has 1 heterocycles. The first-order chi connectivity index (χ1) is 8.44. The van der Waals surface area contributed by atoms with Gasteiger partial charge in [0, 0.05) is 37.4 Å². The number of rotatable bonds is 7. The van der Waals surface area contributed by atoms with Crippen molar-refractivity contribution in [1.29, 1.82) is 0 Å². The van der Waals surface area contributed by atoms with Gasteiger partial charge in [-0.05, 0) is 39.4 Å². The van der Waals surface area contributed by atoms with Gasteiger partial charge < -0.3 is 15.7 Å². The largest absolute Gasteiger partial charge is 0.389 e. The van der Waals surface area contributed by atoms with Crippen molar-refractivity contribution < 1.29 is 5.11 Å². The van der Waals surface area contributed by atoms with E-state index in [0.717, 1.165) is 18.7 Å². The van der Waals surface area contributed by atoms with Gasteiger partial charge in [-0.15, -0.1) is 0 Å². The number of pyridine rings is 1. The summed E-state index contributed by atoms with van der Waals surface area (Å²) >= 11 is 0. The lowest BCUT2D eigenvalue weighted by molar-refractivity contribution is 0.0337. The summed E-state index contributed by atoms with van der Waals surface area (Å²) < 4.78 is 0. The van der Waals surface area contributed by atoms with Crippen LogP contribution in [0.5, 0.6) is 0 Å². The van der Waals surface area contributed by atoms with Gasteiger partial charge in [0.25, 0.3) is 0 Å². The lowest BCUT2D eigenvalue weighted by Gasteiger charge is -2.31. The predicted octanol–water partition coefficient (Wildman–Crippen LogP) is 1.04. The van der Waals surface area contributed by atoms with Crippen LogP contribution in [0.1, 0.15) is 26.0 Å². The van der Waals surface area contributed by atoms with E-state index < -0.39 is 5.60 Å². The summed E-state index contributed by atoms with van der Waals surface area (Å²) in [6, 6.07) is 6.26. The smallest absolute Gasteiger partial charge is 0.0756 e. The van der Waals surface area contributed by atoms with Crippen LogP contribution < -0.4 is 5.73 Å². The minimum Gasteiger partial charge on any atom is -0.389 e. The van der Waals surface area contributed by atoms with Gasteiger partial charge in [0.05, 0.1) is 5.60 Å². The highest BCUT2D eigenvalue weighted by Gasteiger charge is 2.23. The second-order valence-corrected chi connectivity index (χ2v) is 5.31. The molecule has 1 aromatic rings. The van der Waals surface area contributed by atoms with Crippen LogP contribution in [0.2, 0.25) is 0 Å². The molecule has 1 rings (SSSR count). The first-order valence-corrected chi connectivity index (χ1v) is 6.47. The molecule has 1 aromatic heterocycles. The van der Waals surface area contributed by atoms with Crippen LogP contribution in [-0.2, 0) is 6.42 Å². The van der Waals surface area contributed by atoms with Crippen LogP contribution in [-0.4, -0.2) is 46.8 Å². The fraction of sp³-hybridized carbons (Fsp3) is 0.643. The Bertz CT molecular complexity index is 340. The molecule has 18 heavy (non-hydrogen) atoms. The fourth-order valence-electron chi connectivity index (χ4n) is 1.93. The maximum absolute atomic E-state index is 9.96. The third-order valence-electron chi connectivity index (χ3n) is 3.37. The third-order valence-corrected chi connectivity index (χ3v) is 3.37. The van der Waals surface area contributed by atoms with Crippen molar-refractivity contribution in [1.82, 2.24) is 9.88 Å². The summed E-state index contributed by atoms with van der Waals surface area (Å²) in [5.41, 5.74) is 5.86. The summed E-state index contributed by atoms with van der Waals surface area (Å²) in [5.74, 6) is 0. The van der Waals surface area contributed by atoms with Crippen molar-refractivity contribution in [3.63, 3.8) is 0 Å². The Morgan fingerprint density at radius 1 is 1.50 bits per heavy atom. The number of likely N-dealkylation sites (N-methyl/N-ethyl adjacent to an activating group) is 1. The Labute approximate surface area is 110 Å². The van der Waals surface area contributed by atoms with Crippen LogP contribution in [0.3, 0.4) is 0 Å². The molecule has 4 nitrogen and oxygen atoms in total. The molecule has 0 radical (unpaired) electrons. The Morgan fingerprint density at radius 2 is 2.22 bits per heavy atom. The molecular weight excluding hydrogens is 226 g/mol. The fourth-order valence-corrected chi connectivity index (χ4v) is 1.93. The summed E-state index contributed by atoms with van der Waals surface area (Å²) in [6.07, 6.45) is 3.42. The molecule has 0 aliphatic carbocycles. The molecule has 0 spiro atoms. The first-order valence-electron chi connectivity index (χ1n) is 6.47. The average molecular weight is 251 g/mol. The summed E-state index contributed by atoms with van der Waals surface area (Å²) in [7, 11) is 2.07. The van der Waals surface area contributed by atoms with E-state index in [4.69, 9.17) is 5.73 Å². The Kier molecular flexibility index (Phi) is 5.72. The lowest BCUT2D eigenvalue weighted by Crippen LogP contribution is -2.42. The number of hydrogen-bond acceptors (Lipinski definition) is 4. The highest BCUT2D eigenvalue weighted by atomic mass is 16.3. The highest BCUT2D eigenvalue weighted by molar-refractivity contribution is 5.03. The topological polar surface area (TPSA) is 62.4 Å². The van der Waals surface area contributed by atoms with Crippen LogP contribution in [0.15, 0.2) is 24.4 Å². The van der Waals surface area contributed by atoms with E-state index in [1.165, 1.54) is 0 Å². The Hall–Kier alpha value is -0.970. The quantitative estimate of drug-likeness (QED) is 0.760. The van der Waals surface area contributed by atoms with E-state index in [-0.39, 0.29) is 0 Å². The molecule has 0 saturated carbocycles. The summed E-state index contributed by atoms with van der Waals surface area (Å²) in [5, 5.41) is 9.96. The molecule has 2 atom stereocenters. The molecule has 0 aliphatic heterocycles. The van der Waals surface area contributed by atoms with Crippen molar-refractivity contribution in [2.24, 2.45) is 5.73 Å². The van der Waals surface area contributed by atoms with E-state index >= 15 is 0 Å². The second kappa shape index (κ2) is 6.83. The van der Waals surface area contributed by atoms with Gasteiger partial charge in [-0.2, -0.15) is 0 Å². The summed E-state index contributed by atoms with van der Waals surface area (Å²) in [6.45, 7) is 5.13. The maximum atomic E-state index is 9.96. The zero-order chi connectivity index (χ0) is 13.6. The first kappa shape index (κ1) is 15.1. The molecule has 0 amide bonds. The van der Waals surface area contributed by atoms with Crippen molar-refractivity contribution in [3.8, 4) is 0 Å². The van der Waals surface area contributed by atoms with Crippen LogP contribution >= 0.6 is 0 Å². The van der Waals surface area contributed by atoms with Gasteiger partial charge in [0.15, 0.2) is 0 Å². The van der Waals surface area contributed by atoms with Crippen LogP contribution in [0.4, 0.5) is 0 Å². The molecule has 0 fully saturated rings. The van der Waals surface area contributed by atoms with Gasteiger partial charge in [-0.1, -0.05) is 6.07 Å². The van der Waals surface area contributed by atoms with Gasteiger partial charge in [0.2, 0.25) is 0 Å². The SMILES string of the molecule is CC(CC(C)(O)CN)N(C)CCc1ccccn1. The van der Waals surface area contributed by atoms with Gasteiger partial charge >= 0.3 is 0 Å². The van der Waals surface area contributed by atoms with E-state index in [1.807, 2.05) is 24.4 Å². The molecule has 0 aromatic carbocycles. The molecule has 0 bridgehead atoms. The highest BCUT2D eigenvalue weighted by Crippen LogP contribution is 2.14. The maximum Gasteiger partial charge on any atom is 0.0756 e. The number of aromatic nitrogens is 1. The van der Waals surface area contributed by atoms with E-state index in [2.05, 4.69) is 23.9 Å². The molecule has 102 valence electrons. The number of hydrogen-bond donors (Lipinski definition) is 2. The zero-order valence-corrected chi connectivity index (χ0v) is 11.6. The molecule has 3 N–H and O–H groups in total. The second-order valence-electron chi connectivity index (χ2n) is 5.31. The summed E-state index contributed by atoms with van der Waals surface area (Å²) in [4.78, 5) is 6.54. The van der Waals surface area contributed by atoms with Crippen molar-refractivity contribution >= 4 is 0 Å². The van der Waals surface area contributed by atoms with E-state index in [9.17, 15) is 5.11 Å². The molecule has 2 unspecified atom stereocenters. The minimum absolute atomic E-state index is 0.297. The molecular formula is C14H25N3O. The van der Waals surface area contributed by atoms with Gasteiger partial charge in [0.1, 0.15) is 0 Å². The zero-order valence-electron chi connectivity index (χ0n) is 11.6. The Morgan fingerprint density at radius 3 is 2.78 bits per heavy atom. The standard InChI is InChI=1S/C14H25N3O/c1-12(10-14(2,18)11-15)17(3)9-7-13-6-4-5-8-16-13/h4-6,8,12,18H,7,9-11,15H2,1-3H3. The van der Waals surface area contributed by atoms with Crippen LogP contribution in [0.25, 0.3) is 0 Å². The third kappa shape index (κ3) is 5.12. The lowest BCUT2D eigenvalue weighted by atomic mass is 9.97. The monoisotopic (exact) mass is 251 g/mol. The van der Waals surface area contributed by atoms with Crippen molar-refractivity contribution in [2.75, 3.05) is 20.1 Å².